The number of piperidine rings is 1. The highest BCUT2D eigenvalue weighted by Gasteiger charge is 2.39. The second kappa shape index (κ2) is 8.37. The zero-order valence-electron chi connectivity index (χ0n) is 15.7. The van der Waals surface area contributed by atoms with E-state index in [1.54, 1.807) is 4.90 Å². The van der Waals surface area contributed by atoms with Gasteiger partial charge in [-0.15, -0.1) is 0 Å². The monoisotopic (exact) mass is 365 g/mol. The Morgan fingerprint density at radius 1 is 1.15 bits per heavy atom. The topological polar surface area (TPSA) is 90.0 Å². The third-order valence-electron chi connectivity index (χ3n) is 5.93. The molecule has 7 nitrogen and oxygen atoms in total. The standard InChI is InChI=1S/C19H31N3O4/c1-2-17(23)22-8-4-3-5-16(22)19(26)20-14-9-15(10-14)21(12-18(24)25)11-13-6-7-13/h13-16H,2-12H2,1H3,(H,20,26)(H,24,25). The summed E-state index contributed by atoms with van der Waals surface area (Å²) in [6.07, 6.45) is 7.12. The van der Waals surface area contributed by atoms with E-state index < -0.39 is 5.97 Å². The largest absolute Gasteiger partial charge is 0.480 e. The van der Waals surface area contributed by atoms with Gasteiger partial charge in [-0.2, -0.15) is 0 Å². The fraction of sp³-hybridized carbons (Fsp3) is 0.842. The van der Waals surface area contributed by atoms with Crippen molar-refractivity contribution in [1.82, 2.24) is 15.1 Å². The van der Waals surface area contributed by atoms with Crippen LogP contribution in [0, 0.1) is 5.92 Å². The number of rotatable bonds is 8. The molecular formula is C19H31N3O4. The Balaban J connectivity index is 1.48. The third-order valence-corrected chi connectivity index (χ3v) is 5.93. The van der Waals surface area contributed by atoms with Gasteiger partial charge in [-0.25, -0.2) is 0 Å². The quantitative estimate of drug-likeness (QED) is 0.675. The molecular weight excluding hydrogens is 334 g/mol. The van der Waals surface area contributed by atoms with E-state index in [2.05, 4.69) is 10.2 Å². The molecule has 7 heteroatoms. The summed E-state index contributed by atoms with van der Waals surface area (Å²) >= 11 is 0. The van der Waals surface area contributed by atoms with E-state index in [9.17, 15) is 14.4 Å². The zero-order chi connectivity index (χ0) is 18.7. The molecule has 0 aromatic heterocycles. The summed E-state index contributed by atoms with van der Waals surface area (Å²) in [5.74, 6) is -0.122. The van der Waals surface area contributed by atoms with E-state index in [1.807, 2.05) is 6.92 Å². The van der Waals surface area contributed by atoms with E-state index in [0.29, 0.717) is 18.9 Å². The van der Waals surface area contributed by atoms with Gasteiger partial charge in [0.2, 0.25) is 11.8 Å². The lowest BCUT2D eigenvalue weighted by Crippen LogP contribution is -2.59. The Morgan fingerprint density at radius 2 is 1.88 bits per heavy atom. The number of amides is 2. The van der Waals surface area contributed by atoms with Crippen LogP contribution in [0.2, 0.25) is 0 Å². The number of likely N-dealkylation sites (tertiary alicyclic amines) is 1. The highest BCUT2D eigenvalue weighted by Crippen LogP contribution is 2.34. The van der Waals surface area contributed by atoms with Crippen LogP contribution in [0.25, 0.3) is 0 Å². The second-order valence-electron chi connectivity index (χ2n) is 8.05. The summed E-state index contributed by atoms with van der Waals surface area (Å²) in [5, 5.41) is 12.2. The van der Waals surface area contributed by atoms with Crippen LogP contribution < -0.4 is 5.32 Å². The van der Waals surface area contributed by atoms with Crippen molar-refractivity contribution in [2.45, 2.75) is 76.4 Å². The molecule has 1 saturated heterocycles. The smallest absolute Gasteiger partial charge is 0.317 e. The second-order valence-corrected chi connectivity index (χ2v) is 8.05. The summed E-state index contributed by atoms with van der Waals surface area (Å²) in [5.41, 5.74) is 0. The number of nitrogens with zero attached hydrogens (tertiary/aromatic N) is 2. The van der Waals surface area contributed by atoms with Gasteiger partial charge < -0.3 is 15.3 Å². The predicted octanol–water partition coefficient (Wildman–Crippen LogP) is 1.22. The van der Waals surface area contributed by atoms with Crippen LogP contribution in [0.3, 0.4) is 0 Å². The molecule has 0 spiro atoms. The SMILES string of the molecule is CCC(=O)N1CCCCC1C(=O)NC1CC(N(CC(=O)O)CC2CC2)C1. The first kappa shape index (κ1) is 19.1. The minimum Gasteiger partial charge on any atom is -0.480 e. The van der Waals surface area contributed by atoms with Gasteiger partial charge in [0.1, 0.15) is 6.04 Å². The molecule has 1 unspecified atom stereocenters. The van der Waals surface area contributed by atoms with E-state index in [-0.39, 0.29) is 36.5 Å². The van der Waals surface area contributed by atoms with Crippen LogP contribution in [0.4, 0.5) is 0 Å². The molecule has 3 aliphatic rings. The molecule has 1 aliphatic heterocycles. The van der Waals surface area contributed by atoms with Gasteiger partial charge in [-0.3, -0.25) is 19.3 Å². The molecule has 3 fully saturated rings. The van der Waals surface area contributed by atoms with Gasteiger partial charge in [-0.1, -0.05) is 6.92 Å². The molecule has 2 N–H and O–H groups in total. The average molecular weight is 365 g/mol. The first-order chi connectivity index (χ1) is 12.5. The molecule has 2 aliphatic carbocycles. The number of carbonyl (C=O) groups is 3. The Bertz CT molecular complexity index is 543. The first-order valence-corrected chi connectivity index (χ1v) is 10.0. The van der Waals surface area contributed by atoms with Crippen molar-refractivity contribution in [1.29, 1.82) is 0 Å². The summed E-state index contributed by atoms with van der Waals surface area (Å²) < 4.78 is 0. The number of carboxylic acids is 1. The molecule has 0 radical (unpaired) electrons. The fourth-order valence-electron chi connectivity index (χ4n) is 4.16. The van der Waals surface area contributed by atoms with Crippen LogP contribution in [0.1, 0.15) is 58.3 Å². The van der Waals surface area contributed by atoms with Crippen LogP contribution in [0.5, 0.6) is 0 Å². The lowest BCUT2D eigenvalue weighted by molar-refractivity contribution is -0.143. The summed E-state index contributed by atoms with van der Waals surface area (Å²) in [6.45, 7) is 3.45. The van der Waals surface area contributed by atoms with Gasteiger partial charge in [0.05, 0.1) is 6.54 Å². The van der Waals surface area contributed by atoms with E-state index in [1.165, 1.54) is 12.8 Å². The maximum atomic E-state index is 12.7. The van der Waals surface area contributed by atoms with Crippen molar-refractivity contribution in [3.8, 4) is 0 Å². The van der Waals surface area contributed by atoms with E-state index in [0.717, 1.165) is 38.6 Å². The van der Waals surface area contributed by atoms with Gasteiger partial charge in [0, 0.05) is 31.6 Å². The van der Waals surface area contributed by atoms with Crippen molar-refractivity contribution in [3.05, 3.63) is 0 Å². The molecule has 0 aromatic carbocycles. The molecule has 2 saturated carbocycles. The maximum Gasteiger partial charge on any atom is 0.317 e. The Kier molecular flexibility index (Phi) is 6.16. The number of aliphatic carboxylic acids is 1. The molecule has 3 rings (SSSR count). The van der Waals surface area contributed by atoms with E-state index in [4.69, 9.17) is 5.11 Å². The third kappa shape index (κ3) is 4.75. The maximum absolute atomic E-state index is 12.7. The Morgan fingerprint density at radius 3 is 2.50 bits per heavy atom. The summed E-state index contributed by atoms with van der Waals surface area (Å²) in [7, 11) is 0. The summed E-state index contributed by atoms with van der Waals surface area (Å²) in [6, 6.07) is 0.0112. The highest BCUT2D eigenvalue weighted by atomic mass is 16.4. The van der Waals surface area contributed by atoms with Crippen LogP contribution >= 0.6 is 0 Å². The predicted molar refractivity (Wildman–Crippen MR) is 96.5 cm³/mol. The Hall–Kier alpha value is -1.63. The number of hydrogen-bond acceptors (Lipinski definition) is 4. The summed E-state index contributed by atoms with van der Waals surface area (Å²) in [4.78, 5) is 39.7. The molecule has 26 heavy (non-hydrogen) atoms. The highest BCUT2D eigenvalue weighted by molar-refractivity contribution is 5.88. The minimum absolute atomic E-state index is 0.0399. The van der Waals surface area contributed by atoms with Gasteiger partial charge in [0.15, 0.2) is 0 Å². The number of nitrogens with one attached hydrogen (secondary N) is 1. The molecule has 0 aromatic rings. The fourth-order valence-corrected chi connectivity index (χ4v) is 4.16. The molecule has 1 heterocycles. The van der Waals surface area contributed by atoms with Crippen LogP contribution in [-0.2, 0) is 14.4 Å². The number of carboxylic acid groups (broad SMARTS) is 1. The molecule has 146 valence electrons. The molecule has 1 atom stereocenters. The Labute approximate surface area is 155 Å². The van der Waals surface area contributed by atoms with Crippen LogP contribution in [0.15, 0.2) is 0 Å². The van der Waals surface area contributed by atoms with Crippen molar-refractivity contribution < 1.29 is 19.5 Å². The van der Waals surface area contributed by atoms with E-state index >= 15 is 0 Å². The first-order valence-electron chi connectivity index (χ1n) is 10.0. The average Bonchev–Trinajstić information content (AvgIpc) is 3.39. The lowest BCUT2D eigenvalue weighted by Gasteiger charge is -2.44. The zero-order valence-corrected chi connectivity index (χ0v) is 15.7. The normalized spacial score (nSPS) is 28.5. The minimum atomic E-state index is -0.783. The number of hydrogen-bond donors (Lipinski definition) is 2. The number of carbonyl (C=O) groups excluding carboxylic acids is 2. The van der Waals surface area contributed by atoms with Crippen LogP contribution in [-0.4, -0.2) is 70.4 Å². The van der Waals surface area contributed by atoms with Crippen molar-refractivity contribution in [2.24, 2.45) is 5.92 Å². The molecule has 2 amide bonds. The van der Waals surface area contributed by atoms with Crippen molar-refractivity contribution in [3.63, 3.8) is 0 Å². The lowest BCUT2D eigenvalue weighted by atomic mass is 9.84. The van der Waals surface area contributed by atoms with Gasteiger partial charge in [0.25, 0.3) is 0 Å². The van der Waals surface area contributed by atoms with Gasteiger partial charge in [-0.05, 0) is 50.9 Å². The van der Waals surface area contributed by atoms with Crippen molar-refractivity contribution >= 4 is 17.8 Å². The van der Waals surface area contributed by atoms with Crippen molar-refractivity contribution in [2.75, 3.05) is 19.6 Å². The van der Waals surface area contributed by atoms with Gasteiger partial charge >= 0.3 is 5.97 Å². The molecule has 0 bridgehead atoms.